The molecular formula is C24H24FN3O3. The van der Waals surface area contributed by atoms with Crippen LogP contribution in [0.4, 0.5) is 14.9 Å². The van der Waals surface area contributed by atoms with E-state index in [0.29, 0.717) is 37.5 Å². The highest BCUT2D eigenvalue weighted by molar-refractivity contribution is 5.90. The molecule has 2 N–H and O–H groups in total. The molecule has 1 fully saturated rings. The number of furan rings is 1. The Bertz CT molecular complexity index is 1010. The Hall–Kier alpha value is -3.61. The fourth-order valence-electron chi connectivity index (χ4n) is 3.89. The van der Waals surface area contributed by atoms with Crippen molar-refractivity contribution in [2.24, 2.45) is 5.92 Å². The first-order valence-corrected chi connectivity index (χ1v) is 10.2. The van der Waals surface area contributed by atoms with E-state index in [-0.39, 0.29) is 29.6 Å². The number of amides is 3. The van der Waals surface area contributed by atoms with Crippen molar-refractivity contribution >= 4 is 17.6 Å². The van der Waals surface area contributed by atoms with Gasteiger partial charge in [-0.05, 0) is 48.4 Å². The summed E-state index contributed by atoms with van der Waals surface area (Å²) in [6, 6.07) is 18.8. The molecule has 0 radical (unpaired) electrons. The van der Waals surface area contributed by atoms with E-state index < -0.39 is 0 Å². The molecule has 2 unspecified atom stereocenters. The number of nitrogens with zero attached hydrogens (tertiary/aromatic N) is 1. The molecule has 7 heteroatoms. The quantitative estimate of drug-likeness (QED) is 0.642. The Kier molecular flexibility index (Phi) is 6.31. The van der Waals surface area contributed by atoms with Gasteiger partial charge in [-0.15, -0.1) is 0 Å². The summed E-state index contributed by atoms with van der Waals surface area (Å²) in [4.78, 5) is 27.5. The average Bonchev–Trinajstić information content (AvgIpc) is 3.33. The third-order valence-corrected chi connectivity index (χ3v) is 5.49. The van der Waals surface area contributed by atoms with E-state index >= 15 is 0 Å². The highest BCUT2D eigenvalue weighted by Crippen LogP contribution is 2.31. The molecule has 0 spiro atoms. The highest BCUT2D eigenvalue weighted by Gasteiger charge is 2.34. The van der Waals surface area contributed by atoms with Gasteiger partial charge in [0, 0.05) is 24.7 Å². The number of hydrogen-bond acceptors (Lipinski definition) is 3. The van der Waals surface area contributed by atoms with Crippen molar-refractivity contribution in [1.82, 2.24) is 10.2 Å². The fourth-order valence-corrected chi connectivity index (χ4v) is 3.89. The number of halogens is 1. The SMILES string of the molecule is O=C(NCc1ccco1)C1CC(c2ccccc2)CN(C(=O)Nc2ccc(F)cc2)C1. The molecule has 2 aromatic carbocycles. The molecule has 2 atom stereocenters. The monoisotopic (exact) mass is 421 g/mol. The first kappa shape index (κ1) is 20.7. The van der Waals surface area contributed by atoms with Crippen molar-refractivity contribution in [3.05, 3.63) is 90.1 Å². The lowest BCUT2D eigenvalue weighted by atomic mass is 9.84. The van der Waals surface area contributed by atoms with Gasteiger partial charge in [0.25, 0.3) is 0 Å². The maximum Gasteiger partial charge on any atom is 0.321 e. The van der Waals surface area contributed by atoms with Crippen LogP contribution in [0.3, 0.4) is 0 Å². The Morgan fingerprint density at radius 3 is 2.48 bits per heavy atom. The van der Waals surface area contributed by atoms with Gasteiger partial charge in [0.15, 0.2) is 0 Å². The molecule has 1 saturated heterocycles. The van der Waals surface area contributed by atoms with E-state index in [9.17, 15) is 14.0 Å². The molecule has 3 amide bonds. The normalized spacial score (nSPS) is 18.4. The summed E-state index contributed by atoms with van der Waals surface area (Å²) in [6.07, 6.45) is 2.21. The van der Waals surface area contributed by atoms with Gasteiger partial charge in [-0.2, -0.15) is 0 Å². The van der Waals surface area contributed by atoms with Crippen molar-refractivity contribution in [2.45, 2.75) is 18.9 Å². The smallest absolute Gasteiger partial charge is 0.321 e. The van der Waals surface area contributed by atoms with Crippen molar-refractivity contribution in [1.29, 1.82) is 0 Å². The fraction of sp³-hybridized carbons (Fsp3) is 0.250. The first-order valence-electron chi connectivity index (χ1n) is 10.2. The van der Waals surface area contributed by atoms with Crippen LogP contribution in [0.5, 0.6) is 0 Å². The van der Waals surface area contributed by atoms with Gasteiger partial charge in [-0.1, -0.05) is 30.3 Å². The number of piperidine rings is 1. The second-order valence-electron chi connectivity index (χ2n) is 7.68. The number of likely N-dealkylation sites (tertiary alicyclic amines) is 1. The van der Waals surface area contributed by atoms with E-state index in [2.05, 4.69) is 10.6 Å². The number of anilines is 1. The van der Waals surface area contributed by atoms with E-state index in [1.54, 1.807) is 23.3 Å². The molecule has 0 saturated carbocycles. The zero-order chi connectivity index (χ0) is 21.6. The third kappa shape index (κ3) is 5.31. The Labute approximate surface area is 180 Å². The summed E-state index contributed by atoms with van der Waals surface area (Å²) in [7, 11) is 0. The van der Waals surface area contributed by atoms with Crippen molar-refractivity contribution < 1.29 is 18.4 Å². The van der Waals surface area contributed by atoms with Crippen LogP contribution >= 0.6 is 0 Å². The van der Waals surface area contributed by atoms with Crippen LogP contribution in [0.2, 0.25) is 0 Å². The van der Waals surface area contributed by atoms with Crippen LogP contribution in [-0.2, 0) is 11.3 Å². The number of carbonyl (C=O) groups excluding carboxylic acids is 2. The van der Waals surface area contributed by atoms with Gasteiger partial charge in [0.2, 0.25) is 5.91 Å². The van der Waals surface area contributed by atoms with Crippen LogP contribution in [0.25, 0.3) is 0 Å². The van der Waals surface area contributed by atoms with Crippen molar-refractivity contribution in [3.63, 3.8) is 0 Å². The molecule has 1 aromatic heterocycles. The molecular weight excluding hydrogens is 397 g/mol. The number of urea groups is 1. The molecule has 3 aromatic rings. The lowest BCUT2D eigenvalue weighted by Crippen LogP contribution is -2.49. The first-order chi connectivity index (χ1) is 15.1. The molecule has 2 heterocycles. The van der Waals surface area contributed by atoms with Gasteiger partial charge in [-0.3, -0.25) is 4.79 Å². The summed E-state index contributed by atoms with van der Waals surface area (Å²) in [5.41, 5.74) is 1.60. The van der Waals surface area contributed by atoms with Crippen molar-refractivity contribution in [2.75, 3.05) is 18.4 Å². The second kappa shape index (κ2) is 9.47. The van der Waals surface area contributed by atoms with E-state index in [0.717, 1.165) is 5.56 Å². The molecule has 0 bridgehead atoms. The average molecular weight is 421 g/mol. The lowest BCUT2D eigenvalue weighted by molar-refractivity contribution is -0.126. The minimum Gasteiger partial charge on any atom is -0.467 e. The molecule has 160 valence electrons. The zero-order valence-electron chi connectivity index (χ0n) is 17.0. The number of carbonyl (C=O) groups is 2. The maximum atomic E-state index is 13.2. The molecule has 1 aliphatic rings. The van der Waals surface area contributed by atoms with Crippen LogP contribution < -0.4 is 10.6 Å². The molecule has 31 heavy (non-hydrogen) atoms. The largest absolute Gasteiger partial charge is 0.467 e. The van der Waals surface area contributed by atoms with Crippen LogP contribution in [0, 0.1) is 11.7 Å². The van der Waals surface area contributed by atoms with E-state index in [1.165, 1.54) is 24.3 Å². The number of hydrogen-bond donors (Lipinski definition) is 2. The standard InChI is InChI=1S/C24H24FN3O3/c25-20-8-10-21(11-9-20)27-24(30)28-15-18(17-5-2-1-3-6-17)13-19(16-28)23(29)26-14-22-7-4-12-31-22/h1-12,18-19H,13-16H2,(H,26,29)(H,27,30). The van der Waals surface area contributed by atoms with E-state index in [4.69, 9.17) is 4.42 Å². The predicted octanol–water partition coefficient (Wildman–Crippen LogP) is 4.37. The molecule has 0 aliphatic carbocycles. The minimum atomic E-state index is -0.367. The number of nitrogens with one attached hydrogen (secondary N) is 2. The lowest BCUT2D eigenvalue weighted by Gasteiger charge is -2.37. The van der Waals surface area contributed by atoms with Crippen LogP contribution in [-0.4, -0.2) is 29.9 Å². The third-order valence-electron chi connectivity index (χ3n) is 5.49. The second-order valence-corrected chi connectivity index (χ2v) is 7.68. The zero-order valence-corrected chi connectivity index (χ0v) is 17.0. The van der Waals surface area contributed by atoms with Crippen molar-refractivity contribution in [3.8, 4) is 0 Å². The molecule has 6 nitrogen and oxygen atoms in total. The van der Waals surface area contributed by atoms with Crippen LogP contribution in [0.1, 0.15) is 23.7 Å². The summed E-state index contributed by atoms with van der Waals surface area (Å²) < 4.78 is 18.4. The van der Waals surface area contributed by atoms with Crippen LogP contribution in [0.15, 0.2) is 77.4 Å². The van der Waals surface area contributed by atoms with Gasteiger partial charge in [-0.25, -0.2) is 9.18 Å². The topological polar surface area (TPSA) is 74.6 Å². The Morgan fingerprint density at radius 2 is 1.77 bits per heavy atom. The Morgan fingerprint density at radius 1 is 1.00 bits per heavy atom. The predicted molar refractivity (Wildman–Crippen MR) is 115 cm³/mol. The summed E-state index contributed by atoms with van der Waals surface area (Å²) >= 11 is 0. The highest BCUT2D eigenvalue weighted by atomic mass is 19.1. The summed E-state index contributed by atoms with van der Waals surface area (Å²) in [5.74, 6) is -0.124. The number of rotatable bonds is 5. The van der Waals surface area contributed by atoms with Gasteiger partial charge in [0.05, 0.1) is 18.7 Å². The Balaban J connectivity index is 1.47. The van der Waals surface area contributed by atoms with Gasteiger partial charge < -0.3 is 20.0 Å². The number of benzene rings is 2. The molecule has 1 aliphatic heterocycles. The van der Waals surface area contributed by atoms with Gasteiger partial charge in [0.1, 0.15) is 11.6 Å². The van der Waals surface area contributed by atoms with Gasteiger partial charge >= 0.3 is 6.03 Å². The summed E-state index contributed by atoms with van der Waals surface area (Å²) in [6.45, 7) is 1.11. The van der Waals surface area contributed by atoms with E-state index in [1.807, 2.05) is 30.3 Å². The minimum absolute atomic E-state index is 0.0354. The maximum absolute atomic E-state index is 13.2. The summed E-state index contributed by atoms with van der Waals surface area (Å²) in [5, 5.41) is 5.71. The molecule has 4 rings (SSSR count).